The van der Waals surface area contributed by atoms with Crippen LogP contribution in [0.2, 0.25) is 0 Å². The second-order valence-electron chi connectivity index (χ2n) is 5.09. The van der Waals surface area contributed by atoms with Crippen LogP contribution in [0, 0.1) is 6.92 Å². The number of amides is 3. The fourth-order valence-electron chi connectivity index (χ4n) is 1.69. The van der Waals surface area contributed by atoms with Crippen molar-refractivity contribution in [2.24, 2.45) is 0 Å². The van der Waals surface area contributed by atoms with Gasteiger partial charge < -0.3 is 14.8 Å². The summed E-state index contributed by atoms with van der Waals surface area (Å²) < 4.78 is 10.00. The molecule has 0 fully saturated rings. The lowest BCUT2D eigenvalue weighted by Gasteiger charge is -2.12. The highest BCUT2D eigenvalue weighted by Gasteiger charge is 2.14. The maximum atomic E-state index is 11.9. The molecular formula is C16H22N2O5. The lowest BCUT2D eigenvalue weighted by molar-refractivity contribution is -0.123. The van der Waals surface area contributed by atoms with Gasteiger partial charge in [-0.3, -0.25) is 10.1 Å². The molecule has 1 aromatic carbocycles. The minimum atomic E-state index is -0.696. The molecule has 0 spiro atoms. The molecule has 0 aliphatic carbocycles. The summed E-state index contributed by atoms with van der Waals surface area (Å²) in [4.78, 5) is 34.9. The normalized spacial score (nSPS) is 11.3. The van der Waals surface area contributed by atoms with Crippen molar-refractivity contribution in [2.45, 2.75) is 33.2 Å². The summed E-state index contributed by atoms with van der Waals surface area (Å²) in [5.74, 6) is -0.809. The van der Waals surface area contributed by atoms with Gasteiger partial charge in [-0.1, -0.05) is 13.0 Å². The molecule has 7 nitrogen and oxygen atoms in total. The molecule has 0 aliphatic heterocycles. The third kappa shape index (κ3) is 5.98. The number of hydrogen-bond acceptors (Lipinski definition) is 5. The molecule has 7 heteroatoms. The van der Waals surface area contributed by atoms with E-state index in [2.05, 4.69) is 10.6 Å². The fraction of sp³-hybridized carbons (Fsp3) is 0.438. The molecule has 0 saturated carbocycles. The van der Waals surface area contributed by atoms with Crippen molar-refractivity contribution < 1.29 is 23.9 Å². The molecule has 126 valence electrons. The van der Waals surface area contributed by atoms with Gasteiger partial charge >= 0.3 is 12.0 Å². The number of imide groups is 1. The van der Waals surface area contributed by atoms with E-state index in [-0.39, 0.29) is 11.6 Å². The molecule has 2 N–H and O–H groups in total. The summed E-state index contributed by atoms with van der Waals surface area (Å²) in [5, 5.41) is 4.67. The molecule has 3 amide bonds. The Morgan fingerprint density at radius 1 is 1.26 bits per heavy atom. The van der Waals surface area contributed by atoms with Crippen LogP contribution in [0.1, 0.15) is 36.2 Å². The number of nitrogens with one attached hydrogen (secondary N) is 2. The van der Waals surface area contributed by atoms with Crippen LogP contribution in [0.3, 0.4) is 0 Å². The van der Waals surface area contributed by atoms with Gasteiger partial charge in [-0.25, -0.2) is 9.59 Å². The number of carbonyl (C=O) groups excluding carboxylic acids is 3. The lowest BCUT2D eigenvalue weighted by Crippen LogP contribution is -2.44. The van der Waals surface area contributed by atoms with Crippen molar-refractivity contribution in [1.29, 1.82) is 0 Å². The van der Waals surface area contributed by atoms with Gasteiger partial charge in [0.25, 0.3) is 5.91 Å². The fourth-order valence-corrected chi connectivity index (χ4v) is 1.69. The summed E-state index contributed by atoms with van der Waals surface area (Å²) in [6, 6.07) is 4.16. The minimum Gasteiger partial charge on any atom is -0.496 e. The summed E-state index contributed by atoms with van der Waals surface area (Å²) >= 11 is 0. The first kappa shape index (κ1) is 18.5. The maximum absolute atomic E-state index is 11.9. The number of benzene rings is 1. The summed E-state index contributed by atoms with van der Waals surface area (Å²) in [7, 11) is 1.50. The molecule has 1 atom stereocenters. The molecule has 1 aromatic rings. The van der Waals surface area contributed by atoms with Crippen LogP contribution in [0.5, 0.6) is 5.75 Å². The average Bonchev–Trinajstić information content (AvgIpc) is 2.52. The predicted molar refractivity (Wildman–Crippen MR) is 84.4 cm³/mol. The zero-order valence-corrected chi connectivity index (χ0v) is 13.8. The third-order valence-corrected chi connectivity index (χ3v) is 3.22. The molecule has 23 heavy (non-hydrogen) atoms. The molecule has 0 bridgehead atoms. The number of urea groups is 1. The molecule has 0 aliphatic rings. The van der Waals surface area contributed by atoms with Crippen LogP contribution < -0.4 is 15.4 Å². The van der Waals surface area contributed by atoms with Crippen molar-refractivity contribution >= 4 is 17.9 Å². The zero-order chi connectivity index (χ0) is 17.4. The Hall–Kier alpha value is -2.57. The predicted octanol–water partition coefficient (Wildman–Crippen LogP) is 1.78. The highest BCUT2D eigenvalue weighted by molar-refractivity contribution is 5.97. The van der Waals surface area contributed by atoms with E-state index in [0.717, 1.165) is 12.0 Å². The van der Waals surface area contributed by atoms with Crippen molar-refractivity contribution in [3.63, 3.8) is 0 Å². The van der Waals surface area contributed by atoms with E-state index in [4.69, 9.17) is 9.47 Å². The Morgan fingerprint density at radius 2 is 1.96 bits per heavy atom. The first-order valence-corrected chi connectivity index (χ1v) is 7.29. The first-order chi connectivity index (χ1) is 10.9. The highest BCUT2D eigenvalue weighted by Crippen LogP contribution is 2.19. The number of aryl methyl sites for hydroxylation is 1. The van der Waals surface area contributed by atoms with Crippen molar-refractivity contribution in [3.05, 3.63) is 29.3 Å². The van der Waals surface area contributed by atoms with Gasteiger partial charge in [-0.05, 0) is 38.0 Å². The quantitative estimate of drug-likeness (QED) is 0.779. The molecule has 1 rings (SSSR count). The van der Waals surface area contributed by atoms with Crippen molar-refractivity contribution in [2.75, 3.05) is 13.7 Å². The van der Waals surface area contributed by atoms with Crippen LogP contribution in [0.25, 0.3) is 0 Å². The monoisotopic (exact) mass is 322 g/mol. The summed E-state index contributed by atoms with van der Waals surface area (Å²) in [6.07, 6.45) is 0.742. The van der Waals surface area contributed by atoms with E-state index in [0.29, 0.717) is 5.75 Å². The SMILES string of the molecule is CC[C@H](C)NC(=O)NC(=O)COC(=O)c1ccc(C)c(OC)c1. The molecular weight excluding hydrogens is 300 g/mol. The van der Waals surface area contributed by atoms with Crippen molar-refractivity contribution in [3.8, 4) is 5.75 Å². The van der Waals surface area contributed by atoms with Crippen molar-refractivity contribution in [1.82, 2.24) is 10.6 Å². The third-order valence-electron chi connectivity index (χ3n) is 3.22. The smallest absolute Gasteiger partial charge is 0.338 e. The molecule has 0 aromatic heterocycles. The maximum Gasteiger partial charge on any atom is 0.338 e. The summed E-state index contributed by atoms with van der Waals surface area (Å²) in [6.45, 7) is 5.03. The summed E-state index contributed by atoms with van der Waals surface area (Å²) in [5.41, 5.74) is 1.15. The number of esters is 1. The van der Waals surface area contributed by atoms with Crippen LogP contribution in [-0.2, 0) is 9.53 Å². The van der Waals surface area contributed by atoms with Crippen LogP contribution in [-0.4, -0.2) is 37.7 Å². The minimum absolute atomic E-state index is 0.0506. The van der Waals surface area contributed by atoms with E-state index in [1.54, 1.807) is 12.1 Å². The molecule has 0 unspecified atom stereocenters. The Morgan fingerprint density at radius 3 is 2.57 bits per heavy atom. The number of carbonyl (C=O) groups is 3. The Labute approximate surface area is 135 Å². The molecule has 0 saturated heterocycles. The Bertz CT molecular complexity index is 586. The average molecular weight is 322 g/mol. The molecule has 0 heterocycles. The van der Waals surface area contributed by atoms with Crippen LogP contribution in [0.4, 0.5) is 4.79 Å². The van der Waals surface area contributed by atoms with E-state index in [1.165, 1.54) is 13.2 Å². The van der Waals surface area contributed by atoms with E-state index in [1.807, 2.05) is 20.8 Å². The number of methoxy groups -OCH3 is 1. The Kier molecular flexibility index (Phi) is 7.05. The topological polar surface area (TPSA) is 93.7 Å². The van der Waals surface area contributed by atoms with E-state index >= 15 is 0 Å². The number of ether oxygens (including phenoxy) is 2. The second kappa shape index (κ2) is 8.77. The van der Waals surface area contributed by atoms with E-state index in [9.17, 15) is 14.4 Å². The lowest BCUT2D eigenvalue weighted by atomic mass is 10.1. The second-order valence-corrected chi connectivity index (χ2v) is 5.09. The highest BCUT2D eigenvalue weighted by atomic mass is 16.5. The van der Waals surface area contributed by atoms with Gasteiger partial charge in [0.2, 0.25) is 0 Å². The number of rotatable bonds is 6. The standard InChI is InChI=1S/C16H22N2O5/c1-5-11(3)17-16(21)18-14(19)9-23-15(20)12-7-6-10(2)13(8-12)22-4/h6-8,11H,5,9H2,1-4H3,(H2,17,18,19,21)/t11-/m0/s1. The largest absolute Gasteiger partial charge is 0.496 e. The van der Waals surface area contributed by atoms with E-state index < -0.39 is 24.5 Å². The van der Waals surface area contributed by atoms with Gasteiger partial charge in [-0.2, -0.15) is 0 Å². The van der Waals surface area contributed by atoms with Gasteiger partial charge in [0.05, 0.1) is 12.7 Å². The van der Waals surface area contributed by atoms with Gasteiger partial charge in [0.1, 0.15) is 5.75 Å². The molecule has 0 radical (unpaired) electrons. The zero-order valence-electron chi connectivity index (χ0n) is 13.8. The Balaban J connectivity index is 2.49. The van der Waals surface area contributed by atoms with Crippen LogP contribution >= 0.6 is 0 Å². The first-order valence-electron chi connectivity index (χ1n) is 7.29. The van der Waals surface area contributed by atoms with Gasteiger partial charge in [-0.15, -0.1) is 0 Å². The van der Waals surface area contributed by atoms with Gasteiger partial charge in [0, 0.05) is 6.04 Å². The van der Waals surface area contributed by atoms with Crippen LogP contribution in [0.15, 0.2) is 18.2 Å². The number of hydrogen-bond donors (Lipinski definition) is 2. The van der Waals surface area contributed by atoms with Gasteiger partial charge in [0.15, 0.2) is 6.61 Å².